The number of fused-ring (bicyclic) bond motifs is 1. The monoisotopic (exact) mass is 273 g/mol. The zero-order valence-electron chi connectivity index (χ0n) is 10.5. The van der Waals surface area contributed by atoms with E-state index in [1.165, 1.54) is 5.39 Å². The van der Waals surface area contributed by atoms with Crippen LogP contribution in [-0.2, 0) is 9.84 Å². The van der Waals surface area contributed by atoms with Crippen LogP contribution >= 0.6 is 0 Å². The third kappa shape index (κ3) is 2.68. The first-order chi connectivity index (χ1) is 9.14. The van der Waals surface area contributed by atoms with Crippen LogP contribution in [0.2, 0.25) is 0 Å². The Labute approximate surface area is 112 Å². The van der Waals surface area contributed by atoms with Gasteiger partial charge < -0.3 is 0 Å². The van der Waals surface area contributed by atoms with Crippen molar-refractivity contribution >= 4 is 26.8 Å². The first-order valence-corrected chi connectivity index (χ1v) is 8.17. The van der Waals surface area contributed by atoms with E-state index >= 15 is 0 Å². The van der Waals surface area contributed by atoms with Gasteiger partial charge in [-0.05, 0) is 17.2 Å². The fourth-order valence-corrected chi connectivity index (χ4v) is 4.08. The van der Waals surface area contributed by atoms with E-state index in [2.05, 4.69) is 23.2 Å². The Hall–Kier alpha value is -1.68. The van der Waals surface area contributed by atoms with E-state index in [4.69, 9.17) is 0 Å². The maximum absolute atomic E-state index is 11.4. The van der Waals surface area contributed by atoms with Gasteiger partial charge in [-0.3, -0.25) is 4.99 Å². The van der Waals surface area contributed by atoms with Gasteiger partial charge in [0, 0.05) is 11.8 Å². The van der Waals surface area contributed by atoms with Crippen molar-refractivity contribution < 1.29 is 8.42 Å². The first-order valence-electron chi connectivity index (χ1n) is 6.35. The molecule has 1 aliphatic rings. The van der Waals surface area contributed by atoms with Gasteiger partial charge in [-0.15, -0.1) is 0 Å². The zero-order chi connectivity index (χ0) is 13.3. The van der Waals surface area contributed by atoms with Crippen molar-refractivity contribution in [3.63, 3.8) is 0 Å². The Bertz CT molecular complexity index is 729. The fraction of sp³-hybridized carbons (Fsp3) is 0.267. The molecular formula is C15H15NO2S. The van der Waals surface area contributed by atoms with Gasteiger partial charge in [0.25, 0.3) is 0 Å². The molecule has 98 valence electrons. The molecule has 1 atom stereocenters. The van der Waals surface area contributed by atoms with Crippen LogP contribution < -0.4 is 0 Å². The molecule has 1 heterocycles. The molecule has 0 spiro atoms. The predicted molar refractivity (Wildman–Crippen MR) is 78.6 cm³/mol. The Balaban J connectivity index is 1.90. The Morgan fingerprint density at radius 1 is 1.11 bits per heavy atom. The molecule has 1 fully saturated rings. The molecule has 0 unspecified atom stereocenters. The number of benzene rings is 2. The predicted octanol–water partition coefficient (Wildman–Crippen LogP) is 2.45. The van der Waals surface area contributed by atoms with Gasteiger partial charge in [-0.1, -0.05) is 42.5 Å². The van der Waals surface area contributed by atoms with Crippen molar-refractivity contribution in [2.75, 3.05) is 11.5 Å². The summed E-state index contributed by atoms with van der Waals surface area (Å²) in [4.78, 5) is 4.44. The number of aliphatic imine (C=N–C) groups is 1. The van der Waals surface area contributed by atoms with Crippen LogP contribution in [0.5, 0.6) is 0 Å². The quantitative estimate of drug-likeness (QED) is 0.789. The fourth-order valence-electron chi connectivity index (χ4n) is 2.44. The molecule has 0 N–H and O–H groups in total. The molecule has 1 saturated heterocycles. The van der Waals surface area contributed by atoms with Gasteiger partial charge in [0.2, 0.25) is 0 Å². The Kier molecular flexibility index (Phi) is 3.11. The molecule has 0 amide bonds. The van der Waals surface area contributed by atoms with Gasteiger partial charge >= 0.3 is 0 Å². The zero-order valence-corrected chi connectivity index (χ0v) is 11.3. The highest BCUT2D eigenvalue weighted by Gasteiger charge is 2.26. The summed E-state index contributed by atoms with van der Waals surface area (Å²) in [6, 6.07) is 14.1. The van der Waals surface area contributed by atoms with Gasteiger partial charge in [-0.25, -0.2) is 8.42 Å². The lowest BCUT2D eigenvalue weighted by Gasteiger charge is -2.03. The van der Waals surface area contributed by atoms with E-state index in [0.717, 1.165) is 10.9 Å². The molecule has 0 aliphatic carbocycles. The normalized spacial score (nSPS) is 22.2. The molecule has 0 radical (unpaired) electrons. The van der Waals surface area contributed by atoms with Crippen LogP contribution in [0.25, 0.3) is 10.8 Å². The second-order valence-corrected chi connectivity index (χ2v) is 7.13. The summed E-state index contributed by atoms with van der Waals surface area (Å²) in [5.74, 6) is 0.457. The maximum Gasteiger partial charge on any atom is 0.152 e. The highest BCUT2D eigenvalue weighted by atomic mass is 32.2. The summed E-state index contributed by atoms with van der Waals surface area (Å²) >= 11 is 0. The van der Waals surface area contributed by atoms with E-state index in [-0.39, 0.29) is 17.5 Å². The van der Waals surface area contributed by atoms with Crippen molar-refractivity contribution in [1.29, 1.82) is 0 Å². The molecule has 1 aliphatic heterocycles. The van der Waals surface area contributed by atoms with E-state index in [0.29, 0.717) is 6.42 Å². The number of nitrogens with zero attached hydrogens (tertiary/aromatic N) is 1. The van der Waals surface area contributed by atoms with Crippen LogP contribution in [0.4, 0.5) is 0 Å². The molecule has 2 aromatic carbocycles. The van der Waals surface area contributed by atoms with Crippen LogP contribution in [0.1, 0.15) is 12.0 Å². The summed E-state index contributed by atoms with van der Waals surface area (Å²) in [7, 11) is -2.86. The number of hydrogen-bond donors (Lipinski definition) is 0. The summed E-state index contributed by atoms with van der Waals surface area (Å²) in [5, 5.41) is 2.32. The van der Waals surface area contributed by atoms with Crippen LogP contribution in [0.3, 0.4) is 0 Å². The molecule has 3 nitrogen and oxygen atoms in total. The standard InChI is InChI=1S/C15H15NO2S/c17-19(18)9-8-14(11-19)16-10-13-6-3-5-12-4-1-2-7-15(12)13/h1-7,10,14H,8-9,11H2/t14-/m0/s1. The molecule has 19 heavy (non-hydrogen) atoms. The van der Waals surface area contributed by atoms with E-state index in [1.807, 2.05) is 30.5 Å². The Morgan fingerprint density at radius 3 is 2.68 bits per heavy atom. The largest absolute Gasteiger partial charge is 0.288 e. The summed E-state index contributed by atoms with van der Waals surface area (Å²) < 4.78 is 22.8. The SMILES string of the molecule is O=S1(=O)CC[C@H](N=Cc2cccc3ccccc23)C1. The van der Waals surface area contributed by atoms with Crippen molar-refractivity contribution in [3.8, 4) is 0 Å². The second kappa shape index (κ2) is 4.78. The second-order valence-electron chi connectivity index (χ2n) is 4.90. The van der Waals surface area contributed by atoms with E-state index < -0.39 is 9.84 Å². The minimum absolute atomic E-state index is 0.0797. The average Bonchev–Trinajstić information content (AvgIpc) is 2.76. The first kappa shape index (κ1) is 12.4. The lowest BCUT2D eigenvalue weighted by molar-refractivity contribution is 0.601. The molecule has 2 aromatic rings. The lowest BCUT2D eigenvalue weighted by atomic mass is 10.1. The van der Waals surface area contributed by atoms with Gasteiger partial charge in [0.05, 0.1) is 17.5 Å². The minimum Gasteiger partial charge on any atom is -0.288 e. The Morgan fingerprint density at radius 2 is 1.89 bits per heavy atom. The highest BCUT2D eigenvalue weighted by molar-refractivity contribution is 7.91. The topological polar surface area (TPSA) is 46.5 Å². The van der Waals surface area contributed by atoms with Gasteiger partial charge in [0.1, 0.15) is 0 Å². The molecular weight excluding hydrogens is 258 g/mol. The summed E-state index contributed by atoms with van der Waals surface area (Å²) in [5.41, 5.74) is 1.04. The van der Waals surface area contributed by atoms with E-state index in [1.54, 1.807) is 0 Å². The number of hydrogen-bond acceptors (Lipinski definition) is 3. The van der Waals surface area contributed by atoms with Crippen LogP contribution in [-0.4, -0.2) is 32.2 Å². The average molecular weight is 273 g/mol. The van der Waals surface area contributed by atoms with E-state index in [9.17, 15) is 8.42 Å². The van der Waals surface area contributed by atoms with Crippen molar-refractivity contribution in [1.82, 2.24) is 0 Å². The molecule has 4 heteroatoms. The third-order valence-electron chi connectivity index (χ3n) is 3.46. The number of sulfone groups is 1. The lowest BCUT2D eigenvalue weighted by Crippen LogP contribution is -2.07. The molecule has 0 aromatic heterocycles. The van der Waals surface area contributed by atoms with Crippen molar-refractivity contribution in [2.24, 2.45) is 4.99 Å². The van der Waals surface area contributed by atoms with Gasteiger partial charge in [0.15, 0.2) is 9.84 Å². The minimum atomic E-state index is -2.86. The van der Waals surface area contributed by atoms with Crippen LogP contribution in [0, 0.1) is 0 Å². The summed E-state index contributed by atoms with van der Waals surface area (Å²) in [6.07, 6.45) is 2.46. The highest BCUT2D eigenvalue weighted by Crippen LogP contribution is 2.18. The molecule has 3 rings (SSSR count). The smallest absolute Gasteiger partial charge is 0.152 e. The van der Waals surface area contributed by atoms with Crippen molar-refractivity contribution in [3.05, 3.63) is 48.0 Å². The third-order valence-corrected chi connectivity index (χ3v) is 5.21. The maximum atomic E-state index is 11.4. The molecule has 0 bridgehead atoms. The summed E-state index contributed by atoms with van der Waals surface area (Å²) in [6.45, 7) is 0. The number of rotatable bonds is 2. The van der Waals surface area contributed by atoms with Crippen LogP contribution in [0.15, 0.2) is 47.5 Å². The van der Waals surface area contributed by atoms with Gasteiger partial charge in [-0.2, -0.15) is 0 Å². The molecule has 0 saturated carbocycles. The van der Waals surface area contributed by atoms with Crippen molar-refractivity contribution in [2.45, 2.75) is 12.5 Å².